The van der Waals surface area contributed by atoms with E-state index in [1.54, 1.807) is 36.7 Å². The van der Waals surface area contributed by atoms with Gasteiger partial charge in [0.05, 0.1) is 22.0 Å². The minimum Gasteiger partial charge on any atom is -0.506 e. The van der Waals surface area contributed by atoms with Crippen molar-refractivity contribution in [2.24, 2.45) is 9.98 Å². The molecule has 0 aromatic heterocycles. The molecular formula is C18H17Br4N3O2. The van der Waals surface area contributed by atoms with Crippen molar-refractivity contribution < 1.29 is 10.2 Å². The fraction of sp³-hybridized carbons (Fsp3) is 0.222. The zero-order valence-corrected chi connectivity index (χ0v) is 20.4. The second-order valence-electron chi connectivity index (χ2n) is 5.47. The highest BCUT2D eigenvalue weighted by atomic mass is 79.9. The maximum absolute atomic E-state index is 9.96. The Morgan fingerprint density at radius 2 is 1.15 bits per heavy atom. The number of phenols is 2. The third-order valence-electron chi connectivity index (χ3n) is 3.41. The Morgan fingerprint density at radius 3 is 1.56 bits per heavy atom. The molecule has 144 valence electrons. The average Bonchev–Trinajstić information content (AvgIpc) is 2.61. The monoisotopic (exact) mass is 623 g/mol. The van der Waals surface area contributed by atoms with Gasteiger partial charge in [-0.1, -0.05) is 31.9 Å². The number of nitrogens with one attached hydrogen (secondary N) is 1. The molecule has 0 aliphatic rings. The van der Waals surface area contributed by atoms with Crippen LogP contribution < -0.4 is 5.32 Å². The number of hydrogen-bond acceptors (Lipinski definition) is 5. The Kier molecular flexibility index (Phi) is 9.44. The largest absolute Gasteiger partial charge is 0.506 e. The normalized spacial score (nSPS) is 11.7. The zero-order valence-electron chi connectivity index (χ0n) is 14.1. The molecule has 0 bridgehead atoms. The summed E-state index contributed by atoms with van der Waals surface area (Å²) in [6.07, 6.45) is 3.30. The Morgan fingerprint density at radius 1 is 0.741 bits per heavy atom. The number of aliphatic imine (C=N–C) groups is 2. The lowest BCUT2D eigenvalue weighted by Gasteiger charge is -2.04. The molecule has 0 unspecified atom stereocenters. The summed E-state index contributed by atoms with van der Waals surface area (Å²) in [5.74, 6) is 0.346. The Labute approximate surface area is 191 Å². The number of aromatic hydroxyl groups is 2. The SMILES string of the molecule is Oc1c(Br)cc(Br)cc1C=NCCNCCN=Cc1cc(Br)cc(Br)c1O. The summed E-state index contributed by atoms with van der Waals surface area (Å²) in [6, 6.07) is 7.17. The topological polar surface area (TPSA) is 77.2 Å². The van der Waals surface area contributed by atoms with Gasteiger partial charge in [-0.15, -0.1) is 0 Å². The molecule has 0 amide bonds. The maximum Gasteiger partial charge on any atom is 0.138 e. The highest BCUT2D eigenvalue weighted by molar-refractivity contribution is 9.11. The van der Waals surface area contributed by atoms with E-state index in [0.29, 0.717) is 46.3 Å². The molecule has 0 aliphatic carbocycles. The molecule has 9 heteroatoms. The Hall–Kier alpha value is -0.740. The van der Waals surface area contributed by atoms with Gasteiger partial charge >= 0.3 is 0 Å². The van der Waals surface area contributed by atoms with E-state index in [0.717, 1.165) is 8.95 Å². The zero-order chi connectivity index (χ0) is 19.8. The molecule has 0 saturated heterocycles. The van der Waals surface area contributed by atoms with Gasteiger partial charge in [0, 0.05) is 45.6 Å². The van der Waals surface area contributed by atoms with Crippen LogP contribution in [0.1, 0.15) is 11.1 Å². The third kappa shape index (κ3) is 7.30. The second kappa shape index (κ2) is 11.3. The maximum atomic E-state index is 9.96. The van der Waals surface area contributed by atoms with Crippen LogP contribution in [0.5, 0.6) is 11.5 Å². The molecule has 2 aromatic carbocycles. The van der Waals surface area contributed by atoms with Crippen LogP contribution in [0.25, 0.3) is 0 Å². The first-order valence-electron chi connectivity index (χ1n) is 7.95. The first kappa shape index (κ1) is 22.5. The number of benzene rings is 2. The molecule has 0 fully saturated rings. The van der Waals surface area contributed by atoms with Crippen molar-refractivity contribution in [3.63, 3.8) is 0 Å². The van der Waals surface area contributed by atoms with E-state index in [4.69, 9.17) is 0 Å². The quantitative estimate of drug-likeness (QED) is 0.276. The summed E-state index contributed by atoms with van der Waals surface area (Å²) in [4.78, 5) is 8.62. The van der Waals surface area contributed by atoms with E-state index in [-0.39, 0.29) is 11.5 Å². The number of hydrogen-bond donors (Lipinski definition) is 3. The van der Waals surface area contributed by atoms with Gasteiger partial charge in [0.15, 0.2) is 0 Å². The van der Waals surface area contributed by atoms with Crippen LogP contribution in [0.2, 0.25) is 0 Å². The van der Waals surface area contributed by atoms with Crippen molar-refractivity contribution in [1.29, 1.82) is 0 Å². The molecule has 3 N–H and O–H groups in total. The summed E-state index contributed by atoms with van der Waals surface area (Å²) >= 11 is 13.4. The molecule has 2 aromatic rings. The predicted molar refractivity (Wildman–Crippen MR) is 125 cm³/mol. The van der Waals surface area contributed by atoms with Crippen molar-refractivity contribution in [2.45, 2.75) is 0 Å². The van der Waals surface area contributed by atoms with Crippen molar-refractivity contribution in [1.82, 2.24) is 5.32 Å². The predicted octanol–water partition coefficient (Wildman–Crippen LogP) is 5.28. The molecule has 0 aliphatic heterocycles. The summed E-state index contributed by atoms with van der Waals surface area (Å²) in [6.45, 7) is 2.59. The number of phenolic OH excluding ortho intramolecular Hbond substituents is 2. The highest BCUT2D eigenvalue weighted by Gasteiger charge is 2.05. The Bertz CT molecular complexity index is 787. The lowest BCUT2D eigenvalue weighted by atomic mass is 10.2. The van der Waals surface area contributed by atoms with Gasteiger partial charge in [-0.25, -0.2) is 0 Å². The third-order valence-corrected chi connectivity index (χ3v) is 5.54. The van der Waals surface area contributed by atoms with Gasteiger partial charge in [-0.3, -0.25) is 9.98 Å². The lowest BCUT2D eigenvalue weighted by Crippen LogP contribution is -2.20. The van der Waals surface area contributed by atoms with E-state index < -0.39 is 0 Å². The number of halogens is 4. The van der Waals surface area contributed by atoms with Crippen LogP contribution in [0.4, 0.5) is 0 Å². The molecule has 5 nitrogen and oxygen atoms in total. The van der Waals surface area contributed by atoms with Crippen LogP contribution in [-0.4, -0.2) is 48.8 Å². The van der Waals surface area contributed by atoms with Gasteiger partial charge in [0.2, 0.25) is 0 Å². The lowest BCUT2D eigenvalue weighted by molar-refractivity contribution is 0.470. The Balaban J connectivity index is 1.71. The summed E-state index contributed by atoms with van der Waals surface area (Å²) < 4.78 is 2.98. The van der Waals surface area contributed by atoms with Crippen LogP contribution in [0, 0.1) is 0 Å². The minimum atomic E-state index is 0.173. The van der Waals surface area contributed by atoms with Crippen molar-refractivity contribution >= 4 is 76.1 Å². The number of nitrogens with zero attached hydrogens (tertiary/aromatic N) is 2. The molecule has 2 rings (SSSR count). The van der Waals surface area contributed by atoms with E-state index in [1.807, 2.05) is 0 Å². The van der Waals surface area contributed by atoms with E-state index in [9.17, 15) is 10.2 Å². The molecule has 0 heterocycles. The fourth-order valence-electron chi connectivity index (χ4n) is 2.11. The van der Waals surface area contributed by atoms with Crippen molar-refractivity contribution in [2.75, 3.05) is 26.2 Å². The van der Waals surface area contributed by atoms with Gasteiger partial charge in [-0.05, 0) is 56.1 Å². The van der Waals surface area contributed by atoms with Crippen LogP contribution in [0.15, 0.2) is 52.1 Å². The summed E-state index contributed by atoms with van der Waals surface area (Å²) in [5.41, 5.74) is 1.31. The summed E-state index contributed by atoms with van der Waals surface area (Å²) in [7, 11) is 0. The van der Waals surface area contributed by atoms with Gasteiger partial charge in [0.25, 0.3) is 0 Å². The average molecular weight is 627 g/mol. The smallest absolute Gasteiger partial charge is 0.138 e. The molecule has 0 radical (unpaired) electrons. The van der Waals surface area contributed by atoms with Gasteiger partial charge in [0.1, 0.15) is 11.5 Å². The highest BCUT2D eigenvalue weighted by Crippen LogP contribution is 2.31. The van der Waals surface area contributed by atoms with Gasteiger partial charge < -0.3 is 15.5 Å². The van der Waals surface area contributed by atoms with E-state index >= 15 is 0 Å². The molecule has 0 saturated carbocycles. The summed E-state index contributed by atoms with van der Waals surface area (Å²) in [5, 5.41) is 23.2. The van der Waals surface area contributed by atoms with Crippen LogP contribution in [0.3, 0.4) is 0 Å². The van der Waals surface area contributed by atoms with Crippen LogP contribution in [-0.2, 0) is 0 Å². The van der Waals surface area contributed by atoms with E-state index in [2.05, 4.69) is 79.0 Å². The van der Waals surface area contributed by atoms with Crippen LogP contribution >= 0.6 is 63.7 Å². The number of rotatable bonds is 8. The molecule has 27 heavy (non-hydrogen) atoms. The molecule has 0 atom stereocenters. The molecule has 0 spiro atoms. The first-order chi connectivity index (χ1) is 12.9. The minimum absolute atomic E-state index is 0.173. The second-order valence-corrected chi connectivity index (χ2v) is 9.01. The van der Waals surface area contributed by atoms with Crippen molar-refractivity contribution in [3.05, 3.63) is 53.3 Å². The molecular weight excluding hydrogens is 610 g/mol. The fourth-order valence-corrected chi connectivity index (χ4v) is 4.62. The van der Waals surface area contributed by atoms with Gasteiger partial charge in [-0.2, -0.15) is 0 Å². The van der Waals surface area contributed by atoms with Crippen molar-refractivity contribution in [3.8, 4) is 11.5 Å². The standard InChI is InChI=1S/C18H17Br4N3O2/c19-13-5-11(17(26)15(21)7-13)9-24-3-1-23-2-4-25-10-12-6-14(20)8-16(22)18(12)27/h5-10,23,26-27H,1-4H2. The first-order valence-corrected chi connectivity index (χ1v) is 11.1. The van der Waals surface area contributed by atoms with E-state index in [1.165, 1.54) is 0 Å².